The van der Waals surface area contributed by atoms with Gasteiger partial charge >= 0.3 is 0 Å². The van der Waals surface area contributed by atoms with Gasteiger partial charge in [0.25, 0.3) is 5.91 Å². The maximum absolute atomic E-state index is 13.7. The minimum atomic E-state index is -0.583. The van der Waals surface area contributed by atoms with Crippen LogP contribution in [0, 0.1) is 5.82 Å². The van der Waals surface area contributed by atoms with E-state index in [9.17, 15) is 9.18 Å². The second-order valence-electron chi connectivity index (χ2n) is 3.84. The Bertz CT molecular complexity index is 418. The second-order valence-corrected chi connectivity index (χ2v) is 3.84. The Morgan fingerprint density at radius 2 is 2.24 bits per heavy atom. The van der Waals surface area contributed by atoms with Crippen molar-refractivity contribution in [3.05, 3.63) is 23.8 Å². The zero-order valence-corrected chi connectivity index (χ0v) is 9.66. The summed E-state index contributed by atoms with van der Waals surface area (Å²) in [6, 6.07) is 1.36. The third kappa shape index (κ3) is 2.52. The number of piperazine rings is 1. The number of nitrogens with one attached hydrogen (secondary N) is 2. The van der Waals surface area contributed by atoms with E-state index >= 15 is 0 Å². The standard InChI is InChI=1S/C11H15FN4O/c1-13-11(17)10-9(12)6-8(7-15-10)16-4-2-14-3-5-16/h6-7,14H,2-5H2,1H3,(H,13,17). The summed E-state index contributed by atoms with van der Waals surface area (Å²) in [5, 5.41) is 5.57. The van der Waals surface area contributed by atoms with Crippen molar-refractivity contribution in [2.75, 3.05) is 38.1 Å². The van der Waals surface area contributed by atoms with Gasteiger partial charge in [0, 0.05) is 39.3 Å². The van der Waals surface area contributed by atoms with Crippen molar-refractivity contribution in [1.29, 1.82) is 0 Å². The fourth-order valence-electron chi connectivity index (χ4n) is 1.81. The molecule has 6 heteroatoms. The number of halogens is 1. The van der Waals surface area contributed by atoms with Crippen molar-refractivity contribution in [2.45, 2.75) is 0 Å². The molecular formula is C11H15FN4O. The average molecular weight is 238 g/mol. The van der Waals surface area contributed by atoms with Crippen LogP contribution in [0.15, 0.2) is 12.3 Å². The first-order valence-electron chi connectivity index (χ1n) is 5.55. The molecule has 0 aromatic carbocycles. The molecule has 1 fully saturated rings. The van der Waals surface area contributed by atoms with Crippen LogP contribution in [0.3, 0.4) is 0 Å². The predicted octanol–water partition coefficient (Wildman–Crippen LogP) is -0.0101. The highest BCUT2D eigenvalue weighted by molar-refractivity contribution is 5.92. The van der Waals surface area contributed by atoms with Gasteiger partial charge in [-0.1, -0.05) is 0 Å². The summed E-state index contributed by atoms with van der Waals surface area (Å²) in [5.41, 5.74) is 0.558. The Morgan fingerprint density at radius 3 is 2.82 bits per heavy atom. The zero-order chi connectivity index (χ0) is 12.3. The molecule has 1 aromatic rings. The molecule has 0 spiro atoms. The van der Waals surface area contributed by atoms with Crippen LogP contribution < -0.4 is 15.5 Å². The first-order chi connectivity index (χ1) is 8.22. The topological polar surface area (TPSA) is 57.3 Å². The Morgan fingerprint density at radius 1 is 1.53 bits per heavy atom. The van der Waals surface area contributed by atoms with Crippen LogP contribution >= 0.6 is 0 Å². The summed E-state index contributed by atoms with van der Waals surface area (Å²) in [4.78, 5) is 17.2. The minimum absolute atomic E-state index is 0.161. The normalized spacial score (nSPS) is 15.8. The Kier molecular flexibility index (Phi) is 3.53. The van der Waals surface area contributed by atoms with Crippen molar-refractivity contribution >= 4 is 11.6 Å². The fraction of sp³-hybridized carbons (Fsp3) is 0.455. The summed E-state index contributed by atoms with van der Waals surface area (Å²) in [5.74, 6) is -1.09. The number of pyridine rings is 1. The summed E-state index contributed by atoms with van der Waals surface area (Å²) < 4.78 is 13.7. The van der Waals surface area contributed by atoms with Gasteiger partial charge in [0.2, 0.25) is 0 Å². The molecule has 0 atom stereocenters. The average Bonchev–Trinajstić information content (AvgIpc) is 2.39. The number of hydrogen-bond acceptors (Lipinski definition) is 4. The van der Waals surface area contributed by atoms with Crippen molar-refractivity contribution in [3.8, 4) is 0 Å². The highest BCUT2D eigenvalue weighted by Gasteiger charge is 2.16. The number of nitrogens with zero attached hydrogens (tertiary/aromatic N) is 2. The van der Waals surface area contributed by atoms with Gasteiger partial charge in [0.05, 0.1) is 11.9 Å². The second kappa shape index (κ2) is 5.09. The highest BCUT2D eigenvalue weighted by atomic mass is 19.1. The molecule has 1 aliphatic rings. The molecule has 1 amide bonds. The van der Waals surface area contributed by atoms with Crippen LogP contribution in [0.25, 0.3) is 0 Å². The van der Waals surface area contributed by atoms with Crippen LogP contribution in [0.1, 0.15) is 10.5 Å². The maximum Gasteiger partial charge on any atom is 0.272 e. The van der Waals surface area contributed by atoms with E-state index in [-0.39, 0.29) is 5.69 Å². The van der Waals surface area contributed by atoms with E-state index in [4.69, 9.17) is 0 Å². The molecule has 5 nitrogen and oxygen atoms in total. The van der Waals surface area contributed by atoms with Crippen LogP contribution in [-0.2, 0) is 0 Å². The van der Waals surface area contributed by atoms with Crippen LogP contribution in [0.5, 0.6) is 0 Å². The van der Waals surface area contributed by atoms with Crippen LogP contribution in [0.4, 0.5) is 10.1 Å². The molecule has 1 aromatic heterocycles. The molecule has 0 aliphatic carbocycles. The number of carbonyl (C=O) groups is 1. The lowest BCUT2D eigenvalue weighted by Crippen LogP contribution is -2.43. The van der Waals surface area contributed by atoms with E-state index < -0.39 is 11.7 Å². The maximum atomic E-state index is 13.7. The molecule has 1 aliphatic heterocycles. The van der Waals surface area contributed by atoms with Gasteiger partial charge in [0.15, 0.2) is 11.5 Å². The minimum Gasteiger partial charge on any atom is -0.368 e. The van der Waals surface area contributed by atoms with Gasteiger partial charge in [-0.3, -0.25) is 4.79 Å². The highest BCUT2D eigenvalue weighted by Crippen LogP contribution is 2.16. The molecule has 0 bridgehead atoms. The van der Waals surface area contributed by atoms with E-state index in [0.717, 1.165) is 31.9 Å². The van der Waals surface area contributed by atoms with E-state index in [2.05, 4.69) is 15.6 Å². The molecule has 92 valence electrons. The zero-order valence-electron chi connectivity index (χ0n) is 9.66. The van der Waals surface area contributed by atoms with Crippen LogP contribution in [-0.4, -0.2) is 44.1 Å². The molecule has 2 heterocycles. The number of aromatic nitrogens is 1. The summed E-state index contributed by atoms with van der Waals surface area (Å²) in [6.07, 6.45) is 1.54. The van der Waals surface area contributed by atoms with E-state index in [1.165, 1.54) is 13.1 Å². The van der Waals surface area contributed by atoms with Gasteiger partial charge in [-0.15, -0.1) is 0 Å². The van der Waals surface area contributed by atoms with Gasteiger partial charge < -0.3 is 15.5 Å². The lowest BCUT2D eigenvalue weighted by molar-refractivity contribution is 0.0954. The van der Waals surface area contributed by atoms with Gasteiger partial charge in [-0.2, -0.15) is 0 Å². The molecule has 0 radical (unpaired) electrons. The lowest BCUT2D eigenvalue weighted by atomic mass is 10.2. The Hall–Kier alpha value is -1.69. The smallest absolute Gasteiger partial charge is 0.272 e. The number of anilines is 1. The number of hydrogen-bond donors (Lipinski definition) is 2. The molecule has 0 saturated carbocycles. The van der Waals surface area contributed by atoms with Crippen LogP contribution in [0.2, 0.25) is 0 Å². The third-order valence-electron chi connectivity index (χ3n) is 2.75. The summed E-state index contributed by atoms with van der Waals surface area (Å²) in [7, 11) is 1.45. The quantitative estimate of drug-likeness (QED) is 0.761. The number of rotatable bonds is 2. The molecule has 1 saturated heterocycles. The largest absolute Gasteiger partial charge is 0.368 e. The number of amides is 1. The predicted molar refractivity (Wildman–Crippen MR) is 62.7 cm³/mol. The molecule has 2 rings (SSSR count). The van der Waals surface area contributed by atoms with Gasteiger partial charge in [0.1, 0.15) is 0 Å². The van der Waals surface area contributed by atoms with Crippen molar-refractivity contribution in [2.24, 2.45) is 0 Å². The molecule has 17 heavy (non-hydrogen) atoms. The lowest BCUT2D eigenvalue weighted by Gasteiger charge is -2.29. The van der Waals surface area contributed by atoms with E-state index in [1.807, 2.05) is 4.90 Å². The molecule has 0 unspecified atom stereocenters. The Balaban J connectivity index is 2.20. The third-order valence-corrected chi connectivity index (χ3v) is 2.75. The SMILES string of the molecule is CNC(=O)c1ncc(N2CCNCC2)cc1F. The first-order valence-corrected chi connectivity index (χ1v) is 5.55. The fourth-order valence-corrected chi connectivity index (χ4v) is 1.81. The summed E-state index contributed by atoms with van der Waals surface area (Å²) >= 11 is 0. The van der Waals surface area contributed by atoms with Crippen molar-refractivity contribution < 1.29 is 9.18 Å². The summed E-state index contributed by atoms with van der Waals surface area (Å²) in [6.45, 7) is 3.39. The van der Waals surface area contributed by atoms with Gasteiger partial charge in [-0.25, -0.2) is 9.37 Å². The first kappa shape index (κ1) is 11.8. The Labute approximate surface area is 99.0 Å². The van der Waals surface area contributed by atoms with E-state index in [0.29, 0.717) is 0 Å². The van der Waals surface area contributed by atoms with Gasteiger partial charge in [-0.05, 0) is 0 Å². The molecule has 2 N–H and O–H groups in total. The van der Waals surface area contributed by atoms with Crippen molar-refractivity contribution in [3.63, 3.8) is 0 Å². The van der Waals surface area contributed by atoms with E-state index in [1.54, 1.807) is 6.20 Å². The number of carbonyl (C=O) groups excluding carboxylic acids is 1. The monoisotopic (exact) mass is 238 g/mol. The molecular weight excluding hydrogens is 223 g/mol. The van der Waals surface area contributed by atoms with Crippen molar-refractivity contribution in [1.82, 2.24) is 15.6 Å².